The van der Waals surface area contributed by atoms with E-state index in [0.717, 1.165) is 0 Å². The van der Waals surface area contributed by atoms with Crippen molar-refractivity contribution in [1.29, 1.82) is 0 Å². The molecular weight excluding hydrogens is 247 g/mol. The molecule has 0 radical (unpaired) electrons. The second-order valence-corrected chi connectivity index (χ2v) is 4.14. The number of benzene rings is 1. The van der Waals surface area contributed by atoms with Crippen LogP contribution in [0.25, 0.3) is 0 Å². The maximum absolute atomic E-state index is 13.2. The van der Waals surface area contributed by atoms with Crippen LogP contribution in [0.2, 0.25) is 0 Å². The van der Waals surface area contributed by atoms with Crippen molar-refractivity contribution < 1.29 is 14.3 Å². The van der Waals surface area contributed by atoms with Crippen LogP contribution in [0.5, 0.6) is 0 Å². The Balaban J connectivity index is 3.15. The second kappa shape index (κ2) is 6.88. The van der Waals surface area contributed by atoms with Crippen molar-refractivity contribution in [2.45, 2.75) is 13.0 Å². The average molecular weight is 264 g/mol. The normalized spacial score (nSPS) is 11.4. The van der Waals surface area contributed by atoms with Crippen molar-refractivity contribution in [3.63, 3.8) is 0 Å². The molecule has 0 fully saturated rings. The molecule has 0 aliphatic carbocycles. The van der Waals surface area contributed by atoms with Gasteiger partial charge in [0.2, 0.25) is 0 Å². The first-order valence-corrected chi connectivity index (χ1v) is 5.87. The molecule has 0 aromatic heterocycles. The zero-order chi connectivity index (χ0) is 14.4. The fourth-order valence-corrected chi connectivity index (χ4v) is 1.47. The summed E-state index contributed by atoms with van der Waals surface area (Å²) in [5.41, 5.74) is 5.87. The van der Waals surface area contributed by atoms with Crippen LogP contribution in [0, 0.1) is 17.7 Å². The number of hydrogen-bond acceptors (Lipinski definition) is 3. The molecule has 1 unspecified atom stereocenters. The van der Waals surface area contributed by atoms with E-state index in [9.17, 15) is 9.18 Å². The highest BCUT2D eigenvalue weighted by Gasteiger charge is 2.19. The van der Waals surface area contributed by atoms with Crippen LogP contribution in [-0.4, -0.2) is 42.2 Å². The number of halogens is 1. The van der Waals surface area contributed by atoms with Gasteiger partial charge in [0.15, 0.2) is 0 Å². The van der Waals surface area contributed by atoms with Gasteiger partial charge in [-0.15, -0.1) is 0 Å². The van der Waals surface area contributed by atoms with E-state index in [2.05, 4.69) is 11.8 Å². The molecule has 0 spiro atoms. The Labute approximate surface area is 112 Å². The fraction of sp³-hybridized carbons (Fsp3) is 0.357. The van der Waals surface area contributed by atoms with Crippen LogP contribution in [-0.2, 0) is 0 Å². The maximum atomic E-state index is 13.2. The molecule has 19 heavy (non-hydrogen) atoms. The smallest absolute Gasteiger partial charge is 0.255 e. The maximum Gasteiger partial charge on any atom is 0.255 e. The van der Waals surface area contributed by atoms with Crippen molar-refractivity contribution in [1.82, 2.24) is 4.90 Å². The molecular formula is C14H17FN2O2. The molecule has 5 heteroatoms. The van der Waals surface area contributed by atoms with Gasteiger partial charge in [-0.25, -0.2) is 4.39 Å². The minimum absolute atomic E-state index is 0.132. The van der Waals surface area contributed by atoms with Crippen LogP contribution in [0.15, 0.2) is 18.2 Å². The largest absolute Gasteiger partial charge is 0.394 e. The highest BCUT2D eigenvalue weighted by Crippen LogP contribution is 2.14. The Kier molecular flexibility index (Phi) is 5.49. The molecule has 1 atom stereocenters. The van der Waals surface area contributed by atoms with E-state index in [4.69, 9.17) is 10.8 Å². The highest BCUT2D eigenvalue weighted by molar-refractivity contribution is 5.96. The first-order valence-electron chi connectivity index (χ1n) is 5.87. The van der Waals surface area contributed by atoms with Crippen LogP contribution >= 0.6 is 0 Å². The summed E-state index contributed by atoms with van der Waals surface area (Å²) < 4.78 is 13.2. The predicted molar refractivity (Wildman–Crippen MR) is 71.0 cm³/mol. The Bertz CT molecular complexity index is 520. The molecule has 4 nitrogen and oxygen atoms in total. The Morgan fingerprint density at radius 3 is 2.84 bits per heavy atom. The molecule has 0 aliphatic heterocycles. The second-order valence-electron chi connectivity index (χ2n) is 4.14. The summed E-state index contributed by atoms with van der Waals surface area (Å²) in [6.07, 6.45) is 0. The van der Waals surface area contributed by atoms with Crippen molar-refractivity contribution in [2.75, 3.05) is 20.2 Å². The summed E-state index contributed by atoms with van der Waals surface area (Å²) >= 11 is 0. The number of rotatable bonds is 3. The molecule has 1 amide bonds. The van der Waals surface area contributed by atoms with Gasteiger partial charge in [0.1, 0.15) is 5.82 Å². The number of nitrogens with zero attached hydrogens (tertiary/aromatic N) is 1. The van der Waals surface area contributed by atoms with Crippen molar-refractivity contribution in [3.05, 3.63) is 35.1 Å². The van der Waals surface area contributed by atoms with Crippen LogP contribution in [0.4, 0.5) is 4.39 Å². The number of nitrogens with two attached hydrogens (primary N) is 1. The van der Waals surface area contributed by atoms with E-state index < -0.39 is 5.82 Å². The molecule has 0 saturated heterocycles. The van der Waals surface area contributed by atoms with Crippen molar-refractivity contribution in [3.8, 4) is 11.8 Å². The van der Waals surface area contributed by atoms with E-state index in [1.807, 2.05) is 0 Å². The van der Waals surface area contributed by atoms with Gasteiger partial charge in [-0.3, -0.25) is 4.79 Å². The standard InChI is InChI=1S/C14H17FN2O2/c1-10(9-18)17(2)14(19)13-6-5-12(15)8-11(13)4-3-7-16/h5-6,8,10,18H,7,9,16H2,1-2H3. The van der Waals surface area contributed by atoms with E-state index >= 15 is 0 Å². The zero-order valence-corrected chi connectivity index (χ0v) is 11.0. The average Bonchev–Trinajstić information content (AvgIpc) is 2.42. The summed E-state index contributed by atoms with van der Waals surface area (Å²) in [6, 6.07) is 3.47. The third-order valence-electron chi connectivity index (χ3n) is 2.78. The van der Waals surface area contributed by atoms with Crippen LogP contribution in [0.3, 0.4) is 0 Å². The highest BCUT2D eigenvalue weighted by atomic mass is 19.1. The summed E-state index contributed by atoms with van der Waals surface area (Å²) in [5, 5.41) is 9.06. The van der Waals surface area contributed by atoms with Gasteiger partial charge in [0.05, 0.1) is 24.8 Å². The Morgan fingerprint density at radius 1 is 1.58 bits per heavy atom. The summed E-state index contributed by atoms with van der Waals surface area (Å²) in [7, 11) is 1.58. The van der Waals surface area contributed by atoms with Gasteiger partial charge in [-0.1, -0.05) is 11.8 Å². The van der Waals surface area contributed by atoms with E-state index in [0.29, 0.717) is 11.1 Å². The number of hydrogen-bond donors (Lipinski definition) is 2. The molecule has 0 bridgehead atoms. The third-order valence-corrected chi connectivity index (χ3v) is 2.78. The minimum atomic E-state index is -0.462. The summed E-state index contributed by atoms with van der Waals surface area (Å²) in [4.78, 5) is 13.6. The SMILES string of the molecule is CC(CO)N(C)C(=O)c1ccc(F)cc1C#CCN. The molecule has 0 heterocycles. The molecule has 1 aromatic rings. The zero-order valence-electron chi connectivity index (χ0n) is 11.0. The Hall–Kier alpha value is -1.90. The van der Waals surface area contributed by atoms with E-state index in [1.165, 1.54) is 23.1 Å². The minimum Gasteiger partial charge on any atom is -0.394 e. The van der Waals surface area contributed by atoms with Gasteiger partial charge in [0.25, 0.3) is 5.91 Å². The van der Waals surface area contributed by atoms with E-state index in [1.54, 1.807) is 14.0 Å². The lowest BCUT2D eigenvalue weighted by molar-refractivity contribution is 0.0682. The Morgan fingerprint density at radius 2 is 2.26 bits per heavy atom. The van der Waals surface area contributed by atoms with Gasteiger partial charge in [-0.05, 0) is 25.1 Å². The molecule has 0 saturated carbocycles. The van der Waals surface area contributed by atoms with Crippen molar-refractivity contribution >= 4 is 5.91 Å². The lowest BCUT2D eigenvalue weighted by Gasteiger charge is -2.23. The first-order chi connectivity index (χ1) is 9.01. The third kappa shape index (κ3) is 3.78. The number of aliphatic hydroxyl groups is 1. The lowest BCUT2D eigenvalue weighted by atomic mass is 10.1. The summed E-state index contributed by atoms with van der Waals surface area (Å²) in [6.45, 7) is 1.70. The van der Waals surface area contributed by atoms with Gasteiger partial charge >= 0.3 is 0 Å². The first kappa shape index (κ1) is 15.2. The quantitative estimate of drug-likeness (QED) is 0.785. The van der Waals surface area contributed by atoms with Crippen LogP contribution in [0.1, 0.15) is 22.8 Å². The topological polar surface area (TPSA) is 66.6 Å². The van der Waals surface area contributed by atoms with Crippen molar-refractivity contribution in [2.24, 2.45) is 5.73 Å². The van der Waals surface area contributed by atoms with Gasteiger partial charge in [0, 0.05) is 12.6 Å². The molecule has 3 N–H and O–H groups in total. The molecule has 102 valence electrons. The lowest BCUT2D eigenvalue weighted by Crippen LogP contribution is -2.37. The number of carbonyl (C=O) groups excluding carboxylic acids is 1. The molecule has 1 rings (SSSR count). The van der Waals surface area contributed by atoms with Gasteiger partial charge in [-0.2, -0.15) is 0 Å². The van der Waals surface area contributed by atoms with E-state index in [-0.39, 0.29) is 25.1 Å². The summed E-state index contributed by atoms with van der Waals surface area (Å²) in [5.74, 6) is 4.50. The fourth-order valence-electron chi connectivity index (χ4n) is 1.47. The number of carbonyl (C=O) groups is 1. The number of aliphatic hydroxyl groups excluding tert-OH is 1. The molecule has 1 aromatic carbocycles. The van der Waals surface area contributed by atoms with Crippen LogP contribution < -0.4 is 5.73 Å². The monoisotopic (exact) mass is 264 g/mol. The molecule has 0 aliphatic rings. The number of amides is 1. The number of likely N-dealkylation sites (N-methyl/N-ethyl adjacent to an activating group) is 1. The van der Waals surface area contributed by atoms with Gasteiger partial charge < -0.3 is 15.7 Å². The predicted octanol–water partition coefficient (Wildman–Crippen LogP) is 0.589.